The van der Waals surface area contributed by atoms with Gasteiger partial charge in [-0.1, -0.05) is 48.5 Å². The molecule has 0 saturated heterocycles. The monoisotopic (exact) mass is 650 g/mol. The van der Waals surface area contributed by atoms with Gasteiger partial charge in [0.25, 0.3) is 9.05 Å². The van der Waals surface area contributed by atoms with Crippen LogP contribution in [0.1, 0.15) is 36.1 Å². The fraction of sp³-hybridized carbons (Fsp3) is 0.250. The molecular weight excluding hydrogens is 615 g/mol. The molecule has 4 aromatic rings. The van der Waals surface area contributed by atoms with Crippen molar-refractivity contribution in [2.45, 2.75) is 50.6 Å². The van der Waals surface area contributed by atoms with E-state index in [9.17, 15) is 21.4 Å². The van der Waals surface area contributed by atoms with E-state index in [-0.39, 0.29) is 39.3 Å². The van der Waals surface area contributed by atoms with Crippen molar-refractivity contribution < 1.29 is 50.9 Å². The second kappa shape index (κ2) is 16.6. The number of halogens is 1. The molecule has 4 rings (SSSR count). The summed E-state index contributed by atoms with van der Waals surface area (Å²) in [5.41, 5.74) is 6.28. The van der Waals surface area contributed by atoms with Crippen LogP contribution in [0.5, 0.6) is 0 Å². The van der Waals surface area contributed by atoms with Crippen molar-refractivity contribution in [3.63, 3.8) is 0 Å². The minimum atomic E-state index is -4.41. The summed E-state index contributed by atoms with van der Waals surface area (Å²) < 4.78 is 56.1. The Bertz CT molecular complexity index is 1590. The van der Waals surface area contributed by atoms with Crippen LogP contribution in [0.25, 0.3) is 0 Å². The first-order valence-electron chi connectivity index (χ1n) is 13.5. The molecule has 0 fully saturated rings. The van der Waals surface area contributed by atoms with Gasteiger partial charge in [-0.15, -0.1) is 0 Å². The maximum absolute atomic E-state index is 11.4. The van der Waals surface area contributed by atoms with E-state index in [1.807, 2.05) is 50.2 Å². The van der Waals surface area contributed by atoms with Crippen molar-refractivity contribution in [3.8, 4) is 0 Å². The molecule has 0 aliphatic heterocycles. The Labute approximate surface area is 283 Å². The van der Waals surface area contributed by atoms with Crippen LogP contribution in [-0.2, 0) is 32.3 Å². The van der Waals surface area contributed by atoms with Gasteiger partial charge in [-0.25, -0.2) is 16.8 Å². The third-order valence-corrected chi connectivity index (χ3v) is 8.79. The summed E-state index contributed by atoms with van der Waals surface area (Å²) in [6, 6.07) is 29.3. The van der Waals surface area contributed by atoms with Crippen LogP contribution in [0.2, 0.25) is 0 Å². The van der Waals surface area contributed by atoms with Crippen molar-refractivity contribution in [3.05, 3.63) is 119 Å². The van der Waals surface area contributed by atoms with Gasteiger partial charge in [0, 0.05) is 48.2 Å². The number of rotatable bonds is 10. The number of nitrogens with zero attached hydrogens (tertiary/aromatic N) is 2. The zero-order chi connectivity index (χ0) is 30.9. The molecule has 0 amide bonds. The predicted molar refractivity (Wildman–Crippen MR) is 170 cm³/mol. The van der Waals surface area contributed by atoms with Crippen LogP contribution in [-0.4, -0.2) is 34.5 Å². The standard InChI is InChI=1S/C16H18ClNO2S.C16H19NO3S.Na/c1-3-18(15-8-4-6-13(2)10-15)12-14-7-5-9-16(11-14)21(17,19)20;1-3-17(15-8-4-6-13(2)10-15)12-14-7-5-9-16(11-14)21(18,19)20;/h4-11H,3,12H2,1-2H3;4-11H,3,12H2,1-2H3,(H,18,19,20);/q;;+1/p-1. The fourth-order valence-electron chi connectivity index (χ4n) is 4.46. The van der Waals surface area contributed by atoms with Gasteiger partial charge in [0.05, 0.1) is 9.79 Å². The molecule has 0 heterocycles. The molecular formula is C32H36ClN2NaO5S2. The number of benzene rings is 4. The topological polar surface area (TPSA) is 97.8 Å². The first-order valence-corrected chi connectivity index (χ1v) is 17.2. The maximum Gasteiger partial charge on any atom is 1.00 e. The minimum Gasteiger partial charge on any atom is -0.744 e. The molecule has 0 unspecified atom stereocenters. The molecule has 43 heavy (non-hydrogen) atoms. The normalized spacial score (nSPS) is 11.1. The Morgan fingerprint density at radius 2 is 1.02 bits per heavy atom. The van der Waals surface area contributed by atoms with Crippen molar-refractivity contribution >= 4 is 41.2 Å². The van der Waals surface area contributed by atoms with Crippen molar-refractivity contribution in [2.24, 2.45) is 0 Å². The molecule has 0 radical (unpaired) electrons. The van der Waals surface area contributed by atoms with Crippen molar-refractivity contribution in [1.82, 2.24) is 0 Å². The molecule has 0 atom stereocenters. The van der Waals surface area contributed by atoms with E-state index in [2.05, 4.69) is 47.9 Å². The quantitative estimate of drug-likeness (QED) is 0.146. The Kier molecular flexibility index (Phi) is 14.2. The van der Waals surface area contributed by atoms with Crippen molar-refractivity contribution in [1.29, 1.82) is 0 Å². The van der Waals surface area contributed by atoms with Gasteiger partial charge < -0.3 is 14.4 Å². The van der Waals surface area contributed by atoms with Gasteiger partial charge in [0.2, 0.25) is 0 Å². The van der Waals surface area contributed by atoms with E-state index < -0.39 is 19.2 Å². The fourth-order valence-corrected chi connectivity index (χ4v) is 5.82. The predicted octanol–water partition coefficient (Wildman–Crippen LogP) is 3.88. The SMILES string of the molecule is CCN(Cc1cccc(S(=O)(=O)Cl)c1)c1cccc(C)c1.CCN(Cc1cccc(S(=O)(=O)[O-])c1)c1cccc(C)c1.[Na+]. The molecule has 4 aromatic carbocycles. The Morgan fingerprint density at radius 1 is 0.628 bits per heavy atom. The summed E-state index contributed by atoms with van der Waals surface area (Å²) >= 11 is 0. The maximum atomic E-state index is 11.4. The van der Waals surface area contributed by atoms with Gasteiger partial charge >= 0.3 is 29.6 Å². The summed E-state index contributed by atoms with van der Waals surface area (Å²) in [4.78, 5) is 4.28. The second-order valence-electron chi connectivity index (χ2n) is 9.89. The van der Waals surface area contributed by atoms with E-state index in [4.69, 9.17) is 10.7 Å². The summed E-state index contributed by atoms with van der Waals surface area (Å²) in [6.45, 7) is 11.0. The first kappa shape index (κ1) is 36.8. The third-order valence-electron chi connectivity index (χ3n) is 6.61. The molecule has 0 spiro atoms. The molecule has 0 bridgehead atoms. The average Bonchev–Trinajstić information content (AvgIpc) is 2.94. The van der Waals surface area contributed by atoms with Crippen LogP contribution in [0, 0.1) is 13.8 Å². The van der Waals surface area contributed by atoms with Crippen LogP contribution < -0.4 is 39.4 Å². The number of anilines is 2. The van der Waals surface area contributed by atoms with Gasteiger partial charge in [-0.3, -0.25) is 0 Å². The molecule has 7 nitrogen and oxygen atoms in total. The van der Waals surface area contributed by atoms with Crippen LogP contribution >= 0.6 is 10.7 Å². The summed E-state index contributed by atoms with van der Waals surface area (Å²) in [6.07, 6.45) is 0. The second-order valence-corrected chi connectivity index (χ2v) is 13.8. The molecule has 0 aliphatic carbocycles. The summed E-state index contributed by atoms with van der Waals surface area (Å²) in [5, 5.41) is 0. The average molecular weight is 651 g/mol. The smallest absolute Gasteiger partial charge is 0.744 e. The van der Waals surface area contributed by atoms with E-state index in [1.165, 1.54) is 29.3 Å². The molecule has 0 saturated carbocycles. The molecule has 0 aliphatic rings. The molecule has 224 valence electrons. The number of aryl methyl sites for hydroxylation is 2. The zero-order valence-electron chi connectivity index (χ0n) is 25.2. The summed E-state index contributed by atoms with van der Waals surface area (Å²) in [5.74, 6) is 0. The van der Waals surface area contributed by atoms with Crippen LogP contribution in [0.4, 0.5) is 11.4 Å². The molecule has 0 N–H and O–H groups in total. The van der Waals surface area contributed by atoms with Gasteiger partial charge in [0.15, 0.2) is 0 Å². The minimum absolute atomic E-state index is 0. The number of hydrogen-bond acceptors (Lipinski definition) is 7. The molecule has 11 heteroatoms. The number of hydrogen-bond donors (Lipinski definition) is 0. The van der Waals surface area contributed by atoms with E-state index >= 15 is 0 Å². The molecule has 0 aromatic heterocycles. The van der Waals surface area contributed by atoms with E-state index in [1.54, 1.807) is 18.2 Å². The van der Waals surface area contributed by atoms with Crippen molar-refractivity contribution in [2.75, 3.05) is 22.9 Å². The third kappa shape index (κ3) is 11.6. The Morgan fingerprint density at radius 3 is 1.40 bits per heavy atom. The first-order chi connectivity index (χ1) is 19.8. The van der Waals surface area contributed by atoms with E-state index in [0.717, 1.165) is 35.6 Å². The van der Waals surface area contributed by atoms with Gasteiger partial charge in [0.1, 0.15) is 10.1 Å². The van der Waals surface area contributed by atoms with Gasteiger partial charge in [-0.05, 0) is 98.5 Å². The Hall–Kier alpha value is -2.37. The zero-order valence-corrected chi connectivity index (χ0v) is 29.6. The van der Waals surface area contributed by atoms with Gasteiger partial charge in [-0.2, -0.15) is 0 Å². The van der Waals surface area contributed by atoms with Crippen LogP contribution in [0.3, 0.4) is 0 Å². The van der Waals surface area contributed by atoms with E-state index in [0.29, 0.717) is 13.1 Å². The van der Waals surface area contributed by atoms with Crippen LogP contribution in [0.15, 0.2) is 107 Å². The largest absolute Gasteiger partial charge is 1.00 e. The Balaban J connectivity index is 0.000000293. The summed E-state index contributed by atoms with van der Waals surface area (Å²) in [7, 11) is -2.70.